The number of fused-ring (bicyclic) bond motifs is 4. The highest BCUT2D eigenvalue weighted by Crippen LogP contribution is 2.44. The molecule has 0 saturated carbocycles. The fraction of sp³-hybridized carbons (Fsp3) is 0.143. The molecule has 7 rings (SSSR count). The van der Waals surface area contributed by atoms with E-state index < -0.39 is 6.85 Å². The van der Waals surface area contributed by atoms with Gasteiger partial charge in [0.15, 0.2) is 0 Å². The number of aryl methyl sites for hydroxylation is 1. The SMILES string of the molecule is [2H]C([2H])([2H])c1cc2c3c(c1)N(c1ccc(C(C)(C)C)cc1)c1ccccc1B3c1ccccc1N2c1ccccc1. The van der Waals surface area contributed by atoms with Gasteiger partial charge in [-0.1, -0.05) is 87.5 Å². The molecule has 0 N–H and O–H groups in total. The van der Waals surface area contributed by atoms with E-state index in [1.807, 2.05) is 30.3 Å². The van der Waals surface area contributed by atoms with Crippen molar-refractivity contribution in [3.63, 3.8) is 0 Å². The minimum atomic E-state index is -2.26. The van der Waals surface area contributed by atoms with Gasteiger partial charge in [-0.3, -0.25) is 0 Å². The molecule has 0 atom stereocenters. The summed E-state index contributed by atoms with van der Waals surface area (Å²) in [5.41, 5.74) is 11.2. The van der Waals surface area contributed by atoms with Gasteiger partial charge in [0.25, 0.3) is 6.71 Å². The van der Waals surface area contributed by atoms with Gasteiger partial charge in [-0.05, 0) is 88.3 Å². The van der Waals surface area contributed by atoms with Crippen molar-refractivity contribution < 1.29 is 4.11 Å². The molecule has 0 fully saturated rings. The summed E-state index contributed by atoms with van der Waals surface area (Å²) in [4.78, 5) is 4.48. The highest BCUT2D eigenvalue weighted by atomic mass is 15.2. The Morgan fingerprint density at radius 1 is 0.579 bits per heavy atom. The highest BCUT2D eigenvalue weighted by molar-refractivity contribution is 7.00. The molecule has 2 aliphatic heterocycles. The molecule has 0 bridgehead atoms. The van der Waals surface area contributed by atoms with Crippen LogP contribution < -0.4 is 26.2 Å². The average Bonchev–Trinajstić information content (AvgIpc) is 2.96. The first kappa shape index (κ1) is 19.8. The molecule has 38 heavy (non-hydrogen) atoms. The molecule has 5 aromatic carbocycles. The van der Waals surface area contributed by atoms with E-state index in [1.54, 1.807) is 0 Å². The lowest BCUT2D eigenvalue weighted by Gasteiger charge is -2.44. The largest absolute Gasteiger partial charge is 0.311 e. The lowest BCUT2D eigenvalue weighted by atomic mass is 9.33. The highest BCUT2D eigenvalue weighted by Gasteiger charge is 2.43. The number of para-hydroxylation sites is 3. The Morgan fingerprint density at radius 3 is 1.61 bits per heavy atom. The Kier molecular flexibility index (Phi) is 4.38. The van der Waals surface area contributed by atoms with Gasteiger partial charge in [0.1, 0.15) is 0 Å². The summed E-state index contributed by atoms with van der Waals surface area (Å²) in [5, 5.41) is 0. The van der Waals surface area contributed by atoms with Gasteiger partial charge in [0.05, 0.1) is 0 Å². The van der Waals surface area contributed by atoms with Crippen molar-refractivity contribution in [2.24, 2.45) is 0 Å². The van der Waals surface area contributed by atoms with E-state index in [0.717, 1.165) is 39.6 Å². The molecule has 0 spiro atoms. The van der Waals surface area contributed by atoms with Gasteiger partial charge in [-0.25, -0.2) is 0 Å². The molecule has 0 aliphatic carbocycles. The molecular weight excluding hydrogens is 459 g/mol. The van der Waals surface area contributed by atoms with Crippen LogP contribution >= 0.6 is 0 Å². The van der Waals surface area contributed by atoms with Gasteiger partial charge in [0, 0.05) is 38.2 Å². The fourth-order valence-corrected chi connectivity index (χ4v) is 6.14. The first-order chi connectivity index (χ1) is 19.6. The second-order valence-electron chi connectivity index (χ2n) is 11.3. The number of benzene rings is 5. The van der Waals surface area contributed by atoms with Crippen LogP contribution in [0.25, 0.3) is 0 Å². The second kappa shape index (κ2) is 8.39. The van der Waals surface area contributed by atoms with Crippen LogP contribution in [0.15, 0.2) is 115 Å². The van der Waals surface area contributed by atoms with E-state index in [0.29, 0.717) is 5.56 Å². The van der Waals surface area contributed by atoms with Crippen molar-refractivity contribution in [2.45, 2.75) is 33.0 Å². The van der Waals surface area contributed by atoms with Crippen LogP contribution in [0.2, 0.25) is 0 Å². The molecule has 0 amide bonds. The van der Waals surface area contributed by atoms with E-state index in [-0.39, 0.29) is 12.1 Å². The number of nitrogens with zero attached hydrogens (tertiary/aromatic N) is 2. The molecule has 0 aromatic heterocycles. The van der Waals surface area contributed by atoms with Crippen molar-refractivity contribution in [3.8, 4) is 0 Å². The number of hydrogen-bond acceptors (Lipinski definition) is 2. The maximum atomic E-state index is 8.45. The van der Waals surface area contributed by atoms with Crippen LogP contribution in [0, 0.1) is 6.85 Å². The molecule has 2 aliphatic rings. The van der Waals surface area contributed by atoms with E-state index in [1.165, 1.54) is 16.5 Å². The number of hydrogen-bond donors (Lipinski definition) is 0. The third-order valence-electron chi connectivity index (χ3n) is 7.89. The van der Waals surface area contributed by atoms with E-state index in [4.69, 9.17) is 4.11 Å². The van der Waals surface area contributed by atoms with Crippen molar-refractivity contribution in [3.05, 3.63) is 126 Å². The Balaban J connectivity index is 1.57. The zero-order chi connectivity index (χ0) is 28.5. The van der Waals surface area contributed by atoms with E-state index in [2.05, 4.69) is 116 Å². The third-order valence-corrected chi connectivity index (χ3v) is 7.89. The van der Waals surface area contributed by atoms with Crippen LogP contribution in [0.4, 0.5) is 34.1 Å². The van der Waals surface area contributed by atoms with Crippen molar-refractivity contribution in [1.82, 2.24) is 0 Å². The van der Waals surface area contributed by atoms with Crippen molar-refractivity contribution in [2.75, 3.05) is 9.80 Å². The zero-order valence-corrected chi connectivity index (χ0v) is 21.9. The molecular formula is C35H31BN2. The van der Waals surface area contributed by atoms with E-state index >= 15 is 0 Å². The van der Waals surface area contributed by atoms with Crippen LogP contribution in [-0.4, -0.2) is 6.71 Å². The second-order valence-corrected chi connectivity index (χ2v) is 11.3. The van der Waals surface area contributed by atoms with Crippen LogP contribution in [0.3, 0.4) is 0 Å². The number of rotatable bonds is 2. The van der Waals surface area contributed by atoms with Gasteiger partial charge in [-0.2, -0.15) is 0 Å². The molecule has 2 heterocycles. The summed E-state index contributed by atoms with van der Waals surface area (Å²) in [7, 11) is 0. The Bertz CT molecular complexity index is 1770. The smallest absolute Gasteiger partial charge is 0.252 e. The summed E-state index contributed by atoms with van der Waals surface area (Å²) in [6, 6.07) is 39.8. The number of anilines is 6. The summed E-state index contributed by atoms with van der Waals surface area (Å²) in [5.74, 6) is 0. The van der Waals surface area contributed by atoms with Gasteiger partial charge in [0.2, 0.25) is 0 Å². The third kappa shape index (κ3) is 3.42. The predicted octanol–water partition coefficient (Wildman–Crippen LogP) is 7.38. The molecule has 184 valence electrons. The summed E-state index contributed by atoms with van der Waals surface area (Å²) >= 11 is 0. The standard InChI is InChI=1S/C35H31BN2/c1-24-22-32-34-33(23-24)38(27-20-18-25(19-21-27)35(2,3)4)31-17-11-9-15-29(31)36(34)28-14-8-10-16-30(28)37(32)26-12-6-5-7-13-26/h5-23H,1-4H3/i1D3. The van der Waals surface area contributed by atoms with Gasteiger partial charge in [-0.15, -0.1) is 0 Å². The van der Waals surface area contributed by atoms with Crippen molar-refractivity contribution >= 4 is 57.2 Å². The molecule has 3 heteroatoms. The summed E-state index contributed by atoms with van der Waals surface area (Å²) < 4.78 is 25.4. The Labute approximate surface area is 230 Å². The first-order valence-corrected chi connectivity index (χ1v) is 13.2. The Morgan fingerprint density at radius 2 is 1.08 bits per heavy atom. The molecule has 0 radical (unpaired) electrons. The van der Waals surface area contributed by atoms with E-state index in [9.17, 15) is 0 Å². The molecule has 2 nitrogen and oxygen atoms in total. The minimum absolute atomic E-state index is 0.0249. The minimum Gasteiger partial charge on any atom is -0.311 e. The van der Waals surface area contributed by atoms with Crippen LogP contribution in [-0.2, 0) is 5.41 Å². The lowest BCUT2D eigenvalue weighted by molar-refractivity contribution is 0.590. The predicted molar refractivity (Wildman–Crippen MR) is 164 cm³/mol. The maximum absolute atomic E-state index is 8.45. The molecule has 0 unspecified atom stereocenters. The zero-order valence-electron chi connectivity index (χ0n) is 24.9. The van der Waals surface area contributed by atoms with Crippen molar-refractivity contribution in [1.29, 1.82) is 0 Å². The maximum Gasteiger partial charge on any atom is 0.252 e. The summed E-state index contributed by atoms with van der Waals surface area (Å²) in [6.07, 6.45) is 0. The van der Waals surface area contributed by atoms with Crippen LogP contribution in [0.5, 0.6) is 0 Å². The Hall–Kier alpha value is -4.24. The van der Waals surface area contributed by atoms with Gasteiger partial charge < -0.3 is 9.80 Å². The first-order valence-electron chi connectivity index (χ1n) is 14.7. The quantitative estimate of drug-likeness (QED) is 0.232. The normalized spacial score (nSPS) is 15.1. The molecule has 0 saturated heterocycles. The topological polar surface area (TPSA) is 6.48 Å². The summed E-state index contributed by atoms with van der Waals surface area (Å²) in [6.45, 7) is 4.36. The van der Waals surface area contributed by atoms with Crippen LogP contribution in [0.1, 0.15) is 36.0 Å². The van der Waals surface area contributed by atoms with Gasteiger partial charge >= 0.3 is 0 Å². The fourth-order valence-electron chi connectivity index (χ4n) is 6.14. The average molecular weight is 493 g/mol. The lowest BCUT2D eigenvalue weighted by Crippen LogP contribution is -2.61. The monoisotopic (exact) mass is 493 g/mol. The molecule has 5 aromatic rings.